The fourth-order valence-corrected chi connectivity index (χ4v) is 2.43. The molecule has 3 unspecified atom stereocenters. The summed E-state index contributed by atoms with van der Waals surface area (Å²) in [5.74, 6) is 1.49. The van der Waals surface area contributed by atoms with Crippen molar-refractivity contribution in [2.75, 3.05) is 13.2 Å². The Morgan fingerprint density at radius 2 is 2.00 bits per heavy atom. The largest absolute Gasteiger partial charge is 0.377 e. The molecule has 0 heterocycles. The number of ether oxygens (including phenoxy) is 1. The molecule has 0 aromatic rings. The van der Waals surface area contributed by atoms with Crippen LogP contribution >= 0.6 is 0 Å². The highest BCUT2D eigenvalue weighted by Gasteiger charge is 2.20. The van der Waals surface area contributed by atoms with Crippen molar-refractivity contribution in [1.29, 1.82) is 0 Å². The highest BCUT2D eigenvalue weighted by atomic mass is 16.5. The molecule has 3 atom stereocenters. The summed E-state index contributed by atoms with van der Waals surface area (Å²) in [5, 5.41) is 3.49. The van der Waals surface area contributed by atoms with Gasteiger partial charge >= 0.3 is 0 Å². The molecular formula is C16H31NO. The predicted octanol–water partition coefficient (Wildman–Crippen LogP) is 3.77. The Bertz CT molecular complexity index is 237. The molecular weight excluding hydrogens is 222 g/mol. The summed E-state index contributed by atoms with van der Waals surface area (Å²) >= 11 is 0. The van der Waals surface area contributed by atoms with Crippen LogP contribution in [0.4, 0.5) is 0 Å². The first kappa shape index (κ1) is 15.7. The Morgan fingerprint density at radius 3 is 2.61 bits per heavy atom. The first-order chi connectivity index (χ1) is 8.63. The third kappa shape index (κ3) is 6.01. The summed E-state index contributed by atoms with van der Waals surface area (Å²) in [4.78, 5) is 0. The lowest BCUT2D eigenvalue weighted by molar-refractivity contribution is 0.0114. The van der Waals surface area contributed by atoms with Crippen LogP contribution in [-0.2, 0) is 4.74 Å². The molecule has 0 fully saturated rings. The van der Waals surface area contributed by atoms with Crippen molar-refractivity contribution in [3.63, 3.8) is 0 Å². The van der Waals surface area contributed by atoms with Crippen molar-refractivity contribution < 1.29 is 4.74 Å². The highest BCUT2D eigenvalue weighted by Crippen LogP contribution is 2.25. The molecule has 0 amide bonds. The van der Waals surface area contributed by atoms with E-state index in [1.165, 1.54) is 19.3 Å². The minimum Gasteiger partial charge on any atom is -0.377 e. The van der Waals surface area contributed by atoms with Crippen LogP contribution in [0.5, 0.6) is 0 Å². The molecule has 1 aliphatic rings. The van der Waals surface area contributed by atoms with Crippen LogP contribution in [0, 0.1) is 11.8 Å². The van der Waals surface area contributed by atoms with Crippen LogP contribution < -0.4 is 5.32 Å². The van der Waals surface area contributed by atoms with Gasteiger partial charge < -0.3 is 10.1 Å². The van der Waals surface area contributed by atoms with Gasteiger partial charge in [-0.05, 0) is 31.1 Å². The maximum Gasteiger partial charge on any atom is 0.0699 e. The summed E-state index contributed by atoms with van der Waals surface area (Å²) in [6.07, 6.45) is 9.78. The van der Waals surface area contributed by atoms with Crippen molar-refractivity contribution >= 4 is 0 Å². The Morgan fingerprint density at radius 1 is 1.28 bits per heavy atom. The van der Waals surface area contributed by atoms with Crippen LogP contribution in [0.1, 0.15) is 53.4 Å². The molecule has 2 heteroatoms. The first-order valence-corrected chi connectivity index (χ1v) is 7.63. The third-order valence-corrected chi connectivity index (χ3v) is 3.83. The SMILES string of the molecule is CCCC(CNC(C)C)OCC1CC=CCC1C. The molecule has 0 saturated heterocycles. The zero-order valence-electron chi connectivity index (χ0n) is 12.6. The molecule has 106 valence electrons. The average molecular weight is 253 g/mol. The van der Waals surface area contributed by atoms with E-state index in [9.17, 15) is 0 Å². The van der Waals surface area contributed by atoms with Gasteiger partial charge in [0.15, 0.2) is 0 Å². The lowest BCUT2D eigenvalue weighted by Gasteiger charge is -2.28. The molecule has 1 aliphatic carbocycles. The number of allylic oxidation sites excluding steroid dienone is 2. The van der Waals surface area contributed by atoms with Gasteiger partial charge in [0.1, 0.15) is 0 Å². The monoisotopic (exact) mass is 253 g/mol. The van der Waals surface area contributed by atoms with Crippen LogP contribution in [-0.4, -0.2) is 25.3 Å². The van der Waals surface area contributed by atoms with E-state index in [0.29, 0.717) is 18.1 Å². The van der Waals surface area contributed by atoms with Gasteiger partial charge in [0.2, 0.25) is 0 Å². The van der Waals surface area contributed by atoms with Crippen molar-refractivity contribution in [1.82, 2.24) is 5.32 Å². The van der Waals surface area contributed by atoms with E-state index < -0.39 is 0 Å². The Labute approximate surface area is 113 Å². The molecule has 0 radical (unpaired) electrons. The summed E-state index contributed by atoms with van der Waals surface area (Å²) in [5.41, 5.74) is 0. The minimum absolute atomic E-state index is 0.385. The van der Waals surface area contributed by atoms with Gasteiger partial charge in [-0.2, -0.15) is 0 Å². The van der Waals surface area contributed by atoms with Crippen LogP contribution in [0.25, 0.3) is 0 Å². The molecule has 0 bridgehead atoms. The second-order valence-corrected chi connectivity index (χ2v) is 5.99. The Hall–Kier alpha value is -0.340. The number of hydrogen-bond acceptors (Lipinski definition) is 2. The van der Waals surface area contributed by atoms with E-state index in [1.54, 1.807) is 0 Å². The van der Waals surface area contributed by atoms with Crippen LogP contribution in [0.3, 0.4) is 0 Å². The molecule has 0 saturated carbocycles. The molecule has 1 N–H and O–H groups in total. The summed E-state index contributed by atoms with van der Waals surface area (Å²) < 4.78 is 6.15. The second kappa shape index (κ2) is 8.71. The fourth-order valence-electron chi connectivity index (χ4n) is 2.43. The van der Waals surface area contributed by atoms with Gasteiger partial charge in [-0.25, -0.2) is 0 Å². The van der Waals surface area contributed by atoms with Gasteiger partial charge in [0, 0.05) is 12.6 Å². The predicted molar refractivity (Wildman–Crippen MR) is 78.8 cm³/mol. The van der Waals surface area contributed by atoms with Gasteiger partial charge in [-0.15, -0.1) is 0 Å². The normalized spacial score (nSPS) is 25.6. The summed E-state index contributed by atoms with van der Waals surface area (Å²) in [6, 6.07) is 0.546. The van der Waals surface area contributed by atoms with Crippen molar-refractivity contribution in [2.24, 2.45) is 11.8 Å². The van der Waals surface area contributed by atoms with E-state index in [1.807, 2.05) is 0 Å². The van der Waals surface area contributed by atoms with Gasteiger partial charge in [-0.3, -0.25) is 0 Å². The van der Waals surface area contributed by atoms with Crippen LogP contribution in [0.2, 0.25) is 0 Å². The maximum absolute atomic E-state index is 6.15. The second-order valence-electron chi connectivity index (χ2n) is 5.99. The lowest BCUT2D eigenvalue weighted by Crippen LogP contribution is -2.35. The molecule has 0 aliphatic heterocycles. The highest BCUT2D eigenvalue weighted by molar-refractivity contribution is 4.93. The fraction of sp³-hybridized carbons (Fsp3) is 0.875. The summed E-state index contributed by atoms with van der Waals surface area (Å²) in [6.45, 7) is 10.9. The lowest BCUT2D eigenvalue weighted by atomic mass is 9.85. The third-order valence-electron chi connectivity index (χ3n) is 3.83. The minimum atomic E-state index is 0.385. The average Bonchev–Trinajstić information content (AvgIpc) is 2.34. The molecule has 0 aromatic heterocycles. The molecule has 0 spiro atoms. The molecule has 2 nitrogen and oxygen atoms in total. The van der Waals surface area contributed by atoms with Crippen molar-refractivity contribution in [3.8, 4) is 0 Å². The van der Waals surface area contributed by atoms with Crippen molar-refractivity contribution in [2.45, 2.75) is 65.5 Å². The number of hydrogen-bond donors (Lipinski definition) is 1. The van der Waals surface area contributed by atoms with E-state index in [0.717, 1.165) is 25.5 Å². The Kier molecular flexibility index (Phi) is 7.60. The maximum atomic E-state index is 6.15. The van der Waals surface area contributed by atoms with E-state index in [4.69, 9.17) is 4.74 Å². The van der Waals surface area contributed by atoms with E-state index in [-0.39, 0.29) is 0 Å². The number of nitrogens with one attached hydrogen (secondary N) is 1. The van der Waals surface area contributed by atoms with E-state index >= 15 is 0 Å². The summed E-state index contributed by atoms with van der Waals surface area (Å²) in [7, 11) is 0. The standard InChI is InChI=1S/C16H31NO/c1-5-8-16(11-17-13(2)3)18-12-15-10-7-6-9-14(15)4/h6-7,13-17H,5,8-12H2,1-4H3. The van der Waals surface area contributed by atoms with Gasteiger partial charge in [0.05, 0.1) is 12.7 Å². The smallest absolute Gasteiger partial charge is 0.0699 e. The topological polar surface area (TPSA) is 21.3 Å². The van der Waals surface area contributed by atoms with Crippen molar-refractivity contribution in [3.05, 3.63) is 12.2 Å². The quantitative estimate of drug-likeness (QED) is 0.665. The van der Waals surface area contributed by atoms with E-state index in [2.05, 4.69) is 45.2 Å². The number of rotatable bonds is 8. The van der Waals surface area contributed by atoms with Gasteiger partial charge in [0.25, 0.3) is 0 Å². The van der Waals surface area contributed by atoms with Crippen LogP contribution in [0.15, 0.2) is 12.2 Å². The van der Waals surface area contributed by atoms with Gasteiger partial charge in [-0.1, -0.05) is 46.3 Å². The molecule has 18 heavy (non-hydrogen) atoms. The zero-order chi connectivity index (χ0) is 13.4. The first-order valence-electron chi connectivity index (χ1n) is 7.63. The molecule has 1 rings (SSSR count). The zero-order valence-corrected chi connectivity index (χ0v) is 12.6. The Balaban J connectivity index is 2.29. The molecule has 0 aromatic carbocycles.